The fourth-order valence-corrected chi connectivity index (χ4v) is 3.63. The van der Waals surface area contributed by atoms with E-state index in [1.165, 1.54) is 0 Å². The van der Waals surface area contributed by atoms with Crippen LogP contribution in [0, 0.1) is 5.92 Å². The molecule has 0 amide bonds. The number of aromatic nitrogens is 4. The van der Waals surface area contributed by atoms with Gasteiger partial charge in [0, 0.05) is 23.8 Å². The Labute approximate surface area is 144 Å². The van der Waals surface area contributed by atoms with Gasteiger partial charge >= 0.3 is 5.97 Å². The lowest BCUT2D eigenvalue weighted by molar-refractivity contribution is -0.142. The summed E-state index contributed by atoms with van der Waals surface area (Å²) in [6.07, 6.45) is 8.20. The predicted octanol–water partition coefficient (Wildman–Crippen LogP) is 3.13. The topological polar surface area (TPSA) is 95.0 Å². The lowest BCUT2D eigenvalue weighted by atomic mass is 9.85. The van der Waals surface area contributed by atoms with Gasteiger partial charge in [-0.3, -0.25) is 9.89 Å². The van der Waals surface area contributed by atoms with Gasteiger partial charge < -0.3 is 10.0 Å². The van der Waals surface area contributed by atoms with Crippen molar-refractivity contribution in [3.63, 3.8) is 0 Å². The van der Waals surface area contributed by atoms with Crippen molar-refractivity contribution in [2.45, 2.75) is 31.7 Å². The van der Waals surface area contributed by atoms with Gasteiger partial charge in [0.05, 0.1) is 23.3 Å². The molecule has 128 valence electrons. The van der Waals surface area contributed by atoms with E-state index in [1.54, 1.807) is 18.5 Å². The van der Waals surface area contributed by atoms with Crippen molar-refractivity contribution in [2.75, 3.05) is 4.90 Å². The molecule has 7 heteroatoms. The molecule has 2 heterocycles. The molecule has 4 rings (SSSR count). The molecular weight excluding hydrogens is 318 g/mol. The normalized spacial score (nSPS) is 20.5. The van der Waals surface area contributed by atoms with Crippen molar-refractivity contribution in [2.24, 2.45) is 5.92 Å². The molecule has 0 atom stereocenters. The van der Waals surface area contributed by atoms with Gasteiger partial charge in [-0.15, -0.1) is 0 Å². The minimum atomic E-state index is -0.696. The number of rotatable bonds is 4. The number of aliphatic carboxylic acids is 1. The van der Waals surface area contributed by atoms with Gasteiger partial charge in [0.1, 0.15) is 0 Å². The first-order valence-electron chi connectivity index (χ1n) is 8.45. The summed E-state index contributed by atoms with van der Waals surface area (Å²) in [6.45, 7) is 0. The largest absolute Gasteiger partial charge is 0.481 e. The summed E-state index contributed by atoms with van der Waals surface area (Å²) in [5.74, 6) is -0.313. The molecule has 0 radical (unpaired) electrons. The molecule has 7 nitrogen and oxygen atoms in total. The van der Waals surface area contributed by atoms with Gasteiger partial charge in [-0.25, -0.2) is 9.97 Å². The maximum atomic E-state index is 11.3. The monoisotopic (exact) mass is 337 g/mol. The molecule has 1 aromatic carbocycles. The summed E-state index contributed by atoms with van der Waals surface area (Å²) in [5.41, 5.74) is 1.95. The second kappa shape index (κ2) is 6.51. The van der Waals surface area contributed by atoms with E-state index in [2.05, 4.69) is 25.1 Å². The van der Waals surface area contributed by atoms with E-state index in [0.717, 1.165) is 29.4 Å². The van der Waals surface area contributed by atoms with Crippen LogP contribution in [0.5, 0.6) is 0 Å². The van der Waals surface area contributed by atoms with E-state index >= 15 is 0 Å². The molecule has 0 unspecified atom stereocenters. The number of carboxylic acid groups (broad SMARTS) is 1. The second-order valence-corrected chi connectivity index (χ2v) is 6.37. The Morgan fingerprint density at radius 1 is 1.12 bits per heavy atom. The van der Waals surface area contributed by atoms with E-state index < -0.39 is 5.97 Å². The van der Waals surface area contributed by atoms with Crippen LogP contribution in [0.4, 0.5) is 11.6 Å². The Hall–Kier alpha value is -2.96. The fraction of sp³-hybridized carbons (Fsp3) is 0.333. The van der Waals surface area contributed by atoms with Crippen LogP contribution in [0.15, 0.2) is 42.9 Å². The maximum absolute atomic E-state index is 11.3. The van der Waals surface area contributed by atoms with Crippen molar-refractivity contribution in [3.8, 4) is 0 Å². The van der Waals surface area contributed by atoms with E-state index in [1.807, 2.05) is 24.4 Å². The number of carboxylic acids is 1. The lowest BCUT2D eigenvalue weighted by Gasteiger charge is -2.36. The summed E-state index contributed by atoms with van der Waals surface area (Å²) in [7, 11) is 0. The highest BCUT2D eigenvalue weighted by Gasteiger charge is 2.32. The molecule has 0 spiro atoms. The second-order valence-electron chi connectivity index (χ2n) is 6.37. The highest BCUT2D eigenvalue weighted by molar-refractivity contribution is 5.93. The maximum Gasteiger partial charge on any atom is 0.306 e. The van der Waals surface area contributed by atoms with Crippen LogP contribution in [0.1, 0.15) is 25.7 Å². The van der Waals surface area contributed by atoms with E-state index in [4.69, 9.17) is 0 Å². The van der Waals surface area contributed by atoms with Crippen molar-refractivity contribution in [3.05, 3.63) is 42.9 Å². The highest BCUT2D eigenvalue weighted by Crippen LogP contribution is 2.37. The van der Waals surface area contributed by atoms with Crippen LogP contribution >= 0.6 is 0 Å². The Kier molecular flexibility index (Phi) is 4.05. The van der Waals surface area contributed by atoms with Crippen LogP contribution < -0.4 is 4.90 Å². The average molecular weight is 337 g/mol. The summed E-state index contributed by atoms with van der Waals surface area (Å²) in [6, 6.07) is 7.96. The molecule has 1 saturated carbocycles. The third-order valence-electron chi connectivity index (χ3n) is 4.90. The first-order chi connectivity index (χ1) is 12.2. The Morgan fingerprint density at radius 2 is 1.88 bits per heavy atom. The number of nitrogens with one attached hydrogen (secondary N) is 1. The van der Waals surface area contributed by atoms with E-state index in [-0.39, 0.29) is 12.0 Å². The number of anilines is 2. The van der Waals surface area contributed by atoms with Gasteiger partial charge in [0.2, 0.25) is 5.95 Å². The molecule has 0 saturated heterocycles. The van der Waals surface area contributed by atoms with Gasteiger partial charge in [-0.2, -0.15) is 5.10 Å². The fourth-order valence-electron chi connectivity index (χ4n) is 3.63. The number of nitrogens with zero attached hydrogens (tertiary/aromatic N) is 4. The number of fused-ring (bicyclic) bond motifs is 1. The molecule has 0 bridgehead atoms. The predicted molar refractivity (Wildman–Crippen MR) is 93.6 cm³/mol. The van der Waals surface area contributed by atoms with Crippen LogP contribution in [0.3, 0.4) is 0 Å². The molecule has 1 aliphatic rings. The van der Waals surface area contributed by atoms with Gasteiger partial charge in [0.15, 0.2) is 0 Å². The third-order valence-corrected chi connectivity index (χ3v) is 4.90. The third kappa shape index (κ3) is 2.93. The summed E-state index contributed by atoms with van der Waals surface area (Å²) >= 11 is 0. The van der Waals surface area contributed by atoms with Crippen molar-refractivity contribution < 1.29 is 9.90 Å². The molecular formula is C18H19N5O2. The Balaban J connectivity index is 1.73. The number of benzene rings is 1. The van der Waals surface area contributed by atoms with Crippen molar-refractivity contribution in [1.29, 1.82) is 0 Å². The van der Waals surface area contributed by atoms with Crippen LogP contribution in [0.25, 0.3) is 10.9 Å². The number of H-pyrrole nitrogens is 1. The minimum absolute atomic E-state index is 0.165. The molecule has 1 aliphatic carbocycles. The smallest absolute Gasteiger partial charge is 0.306 e. The van der Waals surface area contributed by atoms with E-state index in [9.17, 15) is 9.90 Å². The Bertz CT molecular complexity index is 871. The molecule has 2 N–H and O–H groups in total. The minimum Gasteiger partial charge on any atom is -0.481 e. The summed E-state index contributed by atoms with van der Waals surface area (Å²) in [4.78, 5) is 22.3. The molecule has 2 aromatic heterocycles. The first kappa shape index (κ1) is 15.6. The molecule has 3 aromatic rings. The SMILES string of the molecule is O=C(O)C1CCC(N(c2ncccn2)c2cccc3[nH]ncc23)CC1. The summed E-state index contributed by atoms with van der Waals surface area (Å²) in [5, 5.41) is 17.4. The zero-order chi connectivity index (χ0) is 17.2. The number of hydrogen-bond donors (Lipinski definition) is 2. The Morgan fingerprint density at radius 3 is 2.60 bits per heavy atom. The van der Waals surface area contributed by atoms with Crippen LogP contribution in [-0.4, -0.2) is 37.3 Å². The zero-order valence-electron chi connectivity index (χ0n) is 13.7. The number of hydrogen-bond acceptors (Lipinski definition) is 5. The van der Waals surface area contributed by atoms with Crippen LogP contribution in [0.2, 0.25) is 0 Å². The average Bonchev–Trinajstić information content (AvgIpc) is 3.13. The van der Waals surface area contributed by atoms with Gasteiger partial charge in [-0.05, 0) is 43.9 Å². The number of carbonyl (C=O) groups is 1. The van der Waals surface area contributed by atoms with Crippen molar-refractivity contribution in [1.82, 2.24) is 20.2 Å². The molecule has 1 fully saturated rings. The van der Waals surface area contributed by atoms with Gasteiger partial charge in [0.25, 0.3) is 0 Å². The number of aromatic amines is 1. The lowest BCUT2D eigenvalue weighted by Crippen LogP contribution is -2.37. The first-order valence-corrected chi connectivity index (χ1v) is 8.45. The standard InChI is InChI=1S/C18H19N5O2/c24-17(25)12-5-7-13(8-6-12)23(18-19-9-2-10-20-18)16-4-1-3-15-14(16)11-21-22-15/h1-4,9-13H,5-8H2,(H,21,22)(H,24,25). The molecule has 25 heavy (non-hydrogen) atoms. The zero-order valence-corrected chi connectivity index (χ0v) is 13.7. The molecule has 0 aliphatic heterocycles. The summed E-state index contributed by atoms with van der Waals surface area (Å²) < 4.78 is 0. The quantitative estimate of drug-likeness (QED) is 0.759. The van der Waals surface area contributed by atoms with Gasteiger partial charge in [-0.1, -0.05) is 6.07 Å². The van der Waals surface area contributed by atoms with E-state index in [0.29, 0.717) is 18.8 Å². The van der Waals surface area contributed by atoms with Crippen LogP contribution in [-0.2, 0) is 4.79 Å². The van der Waals surface area contributed by atoms with Crippen molar-refractivity contribution >= 4 is 28.5 Å². The highest BCUT2D eigenvalue weighted by atomic mass is 16.4.